The number of hydrogen-bond acceptors (Lipinski definition) is 3. The van der Waals surface area contributed by atoms with Crippen LogP contribution in [0.4, 0.5) is 0 Å². The summed E-state index contributed by atoms with van der Waals surface area (Å²) in [6.45, 7) is 1.95. The molecule has 0 saturated heterocycles. The molecule has 1 N–H and O–H groups in total. The Morgan fingerprint density at radius 2 is 1.69 bits per heavy atom. The highest BCUT2D eigenvalue weighted by Crippen LogP contribution is 2.26. The summed E-state index contributed by atoms with van der Waals surface area (Å²) >= 11 is 12.2. The normalized spacial score (nSPS) is 11.5. The van der Waals surface area contributed by atoms with Crippen LogP contribution < -0.4 is 10.1 Å². The zero-order valence-corrected chi connectivity index (χ0v) is 19.4. The maximum absolute atomic E-state index is 13.3. The summed E-state index contributed by atoms with van der Waals surface area (Å²) in [7, 11) is 1.60. The molecule has 3 rings (SSSR count). The molecule has 0 saturated carbocycles. The van der Waals surface area contributed by atoms with Crippen molar-refractivity contribution in [3.05, 3.63) is 99.5 Å². The molecular formula is C25H24Cl2N2O3. The summed E-state index contributed by atoms with van der Waals surface area (Å²) in [6.07, 6.45) is 0. The second kappa shape index (κ2) is 11.0. The Morgan fingerprint density at radius 1 is 1.00 bits per heavy atom. The molecule has 0 radical (unpaired) electrons. The van der Waals surface area contributed by atoms with Crippen LogP contribution in [-0.2, 0) is 22.7 Å². The molecule has 0 aliphatic rings. The first-order valence-corrected chi connectivity index (χ1v) is 10.8. The number of nitrogens with zero attached hydrogens (tertiary/aromatic N) is 1. The molecule has 0 bridgehead atoms. The lowest BCUT2D eigenvalue weighted by atomic mass is 10.0. The molecule has 0 fully saturated rings. The Bertz CT molecular complexity index is 1070. The third-order valence-electron chi connectivity index (χ3n) is 5.06. The van der Waals surface area contributed by atoms with E-state index in [9.17, 15) is 9.59 Å². The fourth-order valence-corrected chi connectivity index (χ4v) is 3.84. The summed E-state index contributed by atoms with van der Waals surface area (Å²) < 4.78 is 5.20. The Labute approximate surface area is 197 Å². The summed E-state index contributed by atoms with van der Waals surface area (Å²) in [6, 6.07) is 20.9. The number of methoxy groups -OCH3 is 1. The van der Waals surface area contributed by atoms with E-state index in [0.29, 0.717) is 10.0 Å². The molecule has 166 valence electrons. The maximum Gasteiger partial charge on any atom is 0.247 e. The lowest BCUT2D eigenvalue weighted by molar-refractivity contribution is -0.140. The van der Waals surface area contributed by atoms with Crippen LogP contribution in [0, 0.1) is 0 Å². The van der Waals surface area contributed by atoms with Crippen LogP contribution in [0.5, 0.6) is 5.75 Å². The monoisotopic (exact) mass is 470 g/mol. The summed E-state index contributed by atoms with van der Waals surface area (Å²) in [5.74, 6) is 0.209. The molecule has 3 aromatic rings. The Balaban J connectivity index is 1.87. The Hall–Kier alpha value is -3.02. The van der Waals surface area contributed by atoms with Gasteiger partial charge in [-0.05, 0) is 41.0 Å². The zero-order chi connectivity index (χ0) is 23.1. The average Bonchev–Trinajstić information content (AvgIpc) is 2.79. The van der Waals surface area contributed by atoms with Gasteiger partial charge in [-0.2, -0.15) is 0 Å². The molecule has 0 aliphatic carbocycles. The first-order valence-electron chi connectivity index (χ1n) is 10.1. The van der Waals surface area contributed by atoms with E-state index in [0.717, 1.165) is 22.4 Å². The standard InChI is InChI=1S/C25H24Cl2N2O3/c1-17(30)29(16-18-8-12-22(32-2)13-9-18)24(19-6-4-3-5-7-19)25(31)28-15-20-10-11-21(26)14-23(20)27/h3-14,24H,15-16H2,1-2H3,(H,28,31)/t24-/m1/s1. The Morgan fingerprint density at radius 3 is 2.28 bits per heavy atom. The van der Waals surface area contributed by atoms with Crippen molar-refractivity contribution in [1.82, 2.24) is 10.2 Å². The van der Waals surface area contributed by atoms with Gasteiger partial charge in [0.1, 0.15) is 11.8 Å². The van der Waals surface area contributed by atoms with Gasteiger partial charge in [0.15, 0.2) is 0 Å². The van der Waals surface area contributed by atoms with E-state index in [2.05, 4.69) is 5.32 Å². The third kappa shape index (κ3) is 6.02. The van der Waals surface area contributed by atoms with E-state index >= 15 is 0 Å². The number of benzene rings is 3. The van der Waals surface area contributed by atoms with Gasteiger partial charge in [0, 0.05) is 30.1 Å². The first kappa shape index (κ1) is 23.6. The number of amides is 2. The third-order valence-corrected chi connectivity index (χ3v) is 5.65. The van der Waals surface area contributed by atoms with Gasteiger partial charge in [0.25, 0.3) is 0 Å². The van der Waals surface area contributed by atoms with Crippen molar-refractivity contribution < 1.29 is 14.3 Å². The van der Waals surface area contributed by atoms with E-state index in [-0.39, 0.29) is 24.9 Å². The zero-order valence-electron chi connectivity index (χ0n) is 17.8. The number of rotatable bonds is 8. The Kier molecular flexibility index (Phi) is 8.14. The second-order valence-electron chi connectivity index (χ2n) is 7.26. The lowest BCUT2D eigenvalue weighted by Crippen LogP contribution is -2.42. The molecule has 0 heterocycles. The fraction of sp³-hybridized carbons (Fsp3) is 0.200. The van der Waals surface area contributed by atoms with Crippen molar-refractivity contribution in [3.8, 4) is 5.75 Å². The number of carbonyl (C=O) groups is 2. The highest BCUT2D eigenvalue weighted by atomic mass is 35.5. The van der Waals surface area contributed by atoms with Gasteiger partial charge in [-0.1, -0.05) is 71.7 Å². The molecule has 0 unspecified atom stereocenters. The van der Waals surface area contributed by atoms with E-state index < -0.39 is 6.04 Å². The van der Waals surface area contributed by atoms with Gasteiger partial charge >= 0.3 is 0 Å². The number of nitrogens with one attached hydrogen (secondary N) is 1. The molecule has 7 heteroatoms. The van der Waals surface area contributed by atoms with Crippen molar-refractivity contribution in [2.24, 2.45) is 0 Å². The molecule has 0 spiro atoms. The minimum absolute atomic E-state index is 0.214. The summed E-state index contributed by atoms with van der Waals surface area (Å²) in [5, 5.41) is 3.91. The molecule has 0 aliphatic heterocycles. The van der Waals surface area contributed by atoms with Crippen molar-refractivity contribution in [3.63, 3.8) is 0 Å². The second-order valence-corrected chi connectivity index (χ2v) is 8.11. The number of carbonyl (C=O) groups excluding carboxylic acids is 2. The number of ether oxygens (including phenoxy) is 1. The number of halogens is 2. The quantitative estimate of drug-likeness (QED) is 0.478. The van der Waals surface area contributed by atoms with E-state index in [1.165, 1.54) is 6.92 Å². The molecule has 3 aromatic carbocycles. The van der Waals surface area contributed by atoms with Gasteiger partial charge in [0.2, 0.25) is 11.8 Å². The minimum Gasteiger partial charge on any atom is -0.497 e. The molecular weight excluding hydrogens is 447 g/mol. The highest BCUT2D eigenvalue weighted by molar-refractivity contribution is 6.35. The smallest absolute Gasteiger partial charge is 0.247 e. The molecule has 0 aromatic heterocycles. The maximum atomic E-state index is 13.3. The van der Waals surface area contributed by atoms with Crippen LogP contribution in [0.15, 0.2) is 72.8 Å². The summed E-state index contributed by atoms with van der Waals surface area (Å²) in [4.78, 5) is 27.5. The van der Waals surface area contributed by atoms with Crippen LogP contribution in [0.25, 0.3) is 0 Å². The van der Waals surface area contributed by atoms with Crippen LogP contribution in [-0.4, -0.2) is 23.8 Å². The molecule has 2 amide bonds. The SMILES string of the molecule is COc1ccc(CN(C(C)=O)[C@@H](C(=O)NCc2ccc(Cl)cc2Cl)c2ccccc2)cc1. The van der Waals surface area contributed by atoms with Gasteiger partial charge < -0.3 is 15.0 Å². The van der Waals surface area contributed by atoms with Gasteiger partial charge in [-0.25, -0.2) is 0 Å². The molecule has 1 atom stereocenters. The van der Waals surface area contributed by atoms with Crippen LogP contribution in [0.1, 0.15) is 29.7 Å². The minimum atomic E-state index is -0.804. The largest absolute Gasteiger partial charge is 0.497 e. The van der Waals surface area contributed by atoms with Crippen LogP contribution >= 0.6 is 23.2 Å². The lowest BCUT2D eigenvalue weighted by Gasteiger charge is -2.30. The van der Waals surface area contributed by atoms with Gasteiger partial charge in [-0.3, -0.25) is 9.59 Å². The predicted molar refractivity (Wildman–Crippen MR) is 127 cm³/mol. The van der Waals surface area contributed by atoms with Crippen molar-refractivity contribution >= 4 is 35.0 Å². The highest BCUT2D eigenvalue weighted by Gasteiger charge is 2.29. The van der Waals surface area contributed by atoms with Gasteiger partial charge in [-0.15, -0.1) is 0 Å². The van der Waals surface area contributed by atoms with Gasteiger partial charge in [0.05, 0.1) is 7.11 Å². The molecule has 32 heavy (non-hydrogen) atoms. The van der Waals surface area contributed by atoms with E-state index in [1.807, 2.05) is 54.6 Å². The first-order chi connectivity index (χ1) is 15.4. The van der Waals surface area contributed by atoms with E-state index in [4.69, 9.17) is 27.9 Å². The van der Waals surface area contributed by atoms with Crippen molar-refractivity contribution in [2.45, 2.75) is 26.1 Å². The van der Waals surface area contributed by atoms with Crippen molar-refractivity contribution in [1.29, 1.82) is 0 Å². The van der Waals surface area contributed by atoms with Crippen LogP contribution in [0.3, 0.4) is 0 Å². The van der Waals surface area contributed by atoms with Crippen molar-refractivity contribution in [2.75, 3.05) is 7.11 Å². The van der Waals surface area contributed by atoms with E-state index in [1.54, 1.807) is 30.2 Å². The average molecular weight is 471 g/mol. The topological polar surface area (TPSA) is 58.6 Å². The predicted octanol–water partition coefficient (Wildman–Crippen LogP) is 5.41. The number of hydrogen-bond donors (Lipinski definition) is 1. The fourth-order valence-electron chi connectivity index (χ4n) is 3.36. The molecule has 5 nitrogen and oxygen atoms in total. The van der Waals surface area contributed by atoms with Crippen LogP contribution in [0.2, 0.25) is 10.0 Å². The summed E-state index contributed by atoms with van der Waals surface area (Å²) in [5.41, 5.74) is 2.34.